The molecule has 0 saturated heterocycles. The van der Waals surface area contributed by atoms with Crippen molar-refractivity contribution in [3.63, 3.8) is 0 Å². The van der Waals surface area contributed by atoms with Gasteiger partial charge in [-0.1, -0.05) is 155 Å². The van der Waals surface area contributed by atoms with Crippen LogP contribution in [-0.2, 0) is 28.7 Å². The molecule has 0 bridgehead atoms. The fourth-order valence-corrected chi connectivity index (χ4v) is 5.12. The smallest absolute Gasteiger partial charge is 0.550 e. The molecule has 9 heteroatoms. The summed E-state index contributed by atoms with van der Waals surface area (Å²) >= 11 is 0. The number of hydrogen-bond donors (Lipinski definition) is 0. The number of carbonyl (C=O) groups excluding carboxylic acids is 4. The molecule has 0 aromatic rings. The van der Waals surface area contributed by atoms with Crippen LogP contribution in [-0.4, -0.2) is 46.9 Å². The van der Waals surface area contributed by atoms with Crippen molar-refractivity contribution in [2.24, 2.45) is 0 Å². The molecule has 0 aliphatic carbocycles. The second-order valence-corrected chi connectivity index (χ2v) is 12.8. The van der Waals surface area contributed by atoms with Crippen molar-refractivity contribution in [3.8, 4) is 0 Å². The molecule has 0 aliphatic heterocycles. The first-order chi connectivity index (χ1) is 23.3. The van der Waals surface area contributed by atoms with Gasteiger partial charge in [0, 0.05) is 11.9 Å². The Bertz CT molecular complexity index is 746. The number of carboxylic acid groups (broad SMARTS) is 2. The van der Waals surface area contributed by atoms with Crippen molar-refractivity contribution in [1.82, 2.24) is 0 Å². The van der Waals surface area contributed by atoms with Crippen molar-refractivity contribution in [3.05, 3.63) is 24.7 Å². The minimum atomic E-state index is -1.23. The van der Waals surface area contributed by atoms with E-state index in [1.807, 2.05) is 12.2 Å². The summed E-state index contributed by atoms with van der Waals surface area (Å²) in [5, 5.41) is 20.4. The standard InChI is InChI=1S/2C20H36O4.Mg/c2*1-2-3-4-5-6-7-8-9-10-11-12-13-14-15-18-24-20(23)17-16-19(21)22;/h2*15,18H,2-14,16-17H2,1H3,(H,21,22);/q;;+2/p-2. The van der Waals surface area contributed by atoms with E-state index < -0.39 is 23.9 Å². The molecule has 49 heavy (non-hydrogen) atoms. The van der Waals surface area contributed by atoms with E-state index in [4.69, 9.17) is 9.47 Å². The topological polar surface area (TPSA) is 133 Å². The molecule has 0 aromatic heterocycles. The molecule has 0 unspecified atom stereocenters. The molecule has 0 N–H and O–H groups in total. The Kier molecular flexibility index (Phi) is 46.4. The molecule has 0 atom stereocenters. The largest absolute Gasteiger partial charge is 2.00 e. The zero-order chi connectivity index (χ0) is 35.8. The van der Waals surface area contributed by atoms with E-state index in [0.717, 1.165) is 25.7 Å². The van der Waals surface area contributed by atoms with Gasteiger partial charge in [0.1, 0.15) is 0 Å². The molecule has 280 valence electrons. The van der Waals surface area contributed by atoms with Crippen molar-refractivity contribution in [1.29, 1.82) is 0 Å². The minimum Gasteiger partial charge on any atom is -0.550 e. The van der Waals surface area contributed by atoms with Gasteiger partial charge in [0.05, 0.1) is 25.4 Å². The summed E-state index contributed by atoms with van der Waals surface area (Å²) in [5.41, 5.74) is 0. The molecular weight excluding hydrogens is 633 g/mol. The van der Waals surface area contributed by atoms with E-state index in [-0.39, 0.29) is 48.7 Å². The summed E-state index contributed by atoms with van der Waals surface area (Å²) in [6.07, 6.45) is 39.1. The van der Waals surface area contributed by atoms with E-state index in [9.17, 15) is 29.4 Å². The van der Waals surface area contributed by atoms with Gasteiger partial charge in [-0.15, -0.1) is 0 Å². The molecule has 0 aromatic carbocycles. The van der Waals surface area contributed by atoms with Gasteiger partial charge in [-0.3, -0.25) is 9.59 Å². The Hall–Kier alpha value is -1.87. The average Bonchev–Trinajstić information content (AvgIpc) is 3.06. The first-order valence-corrected chi connectivity index (χ1v) is 19.4. The van der Waals surface area contributed by atoms with Crippen LogP contribution in [0.25, 0.3) is 0 Å². The van der Waals surface area contributed by atoms with Gasteiger partial charge in [-0.05, 0) is 50.7 Å². The van der Waals surface area contributed by atoms with Crippen LogP contribution in [0.4, 0.5) is 0 Å². The van der Waals surface area contributed by atoms with Crippen molar-refractivity contribution >= 4 is 46.9 Å². The number of rotatable bonds is 34. The van der Waals surface area contributed by atoms with Crippen LogP contribution in [0, 0.1) is 0 Å². The zero-order valence-electron chi connectivity index (χ0n) is 31.5. The van der Waals surface area contributed by atoms with Gasteiger partial charge >= 0.3 is 35.0 Å². The molecule has 0 rings (SSSR count). The van der Waals surface area contributed by atoms with Gasteiger partial charge in [0.15, 0.2) is 0 Å². The molecule has 8 nitrogen and oxygen atoms in total. The number of ether oxygens (including phenoxy) is 2. The van der Waals surface area contributed by atoms with Crippen molar-refractivity contribution < 1.29 is 38.9 Å². The third kappa shape index (κ3) is 50.6. The number of unbranched alkanes of at least 4 members (excludes halogenated alkanes) is 24. The second kappa shape index (κ2) is 44.1. The SMILES string of the molecule is CCCCCCCCCCCCCCC=COC(=O)CCC(=O)[O-].CCCCCCCCCCCCCCC=COC(=O)CCC(=O)[O-].[Mg+2]. The third-order valence-electron chi connectivity index (χ3n) is 8.11. The molecular formula is C40H70MgO8. The maximum absolute atomic E-state index is 11.1. The van der Waals surface area contributed by atoms with E-state index in [1.165, 1.54) is 154 Å². The molecule has 0 fully saturated rings. The van der Waals surface area contributed by atoms with E-state index in [1.54, 1.807) is 0 Å². The van der Waals surface area contributed by atoms with Crippen LogP contribution in [0.15, 0.2) is 24.7 Å². The molecule has 0 radical (unpaired) electrons. The molecule has 0 spiro atoms. The fourth-order valence-electron chi connectivity index (χ4n) is 5.12. The van der Waals surface area contributed by atoms with Crippen LogP contribution in [0.3, 0.4) is 0 Å². The van der Waals surface area contributed by atoms with Crippen LogP contribution in [0.1, 0.15) is 206 Å². The first-order valence-electron chi connectivity index (χ1n) is 19.4. The maximum atomic E-state index is 11.1. The summed E-state index contributed by atoms with van der Waals surface area (Å²) < 4.78 is 9.58. The number of carbonyl (C=O) groups is 4. The number of carboxylic acids is 2. The summed E-state index contributed by atoms with van der Waals surface area (Å²) in [4.78, 5) is 42.6. The average molecular weight is 703 g/mol. The Morgan fingerprint density at radius 1 is 0.408 bits per heavy atom. The summed E-state index contributed by atoms with van der Waals surface area (Å²) in [6, 6.07) is 0. The number of aliphatic carboxylic acids is 2. The maximum Gasteiger partial charge on any atom is 2.00 e. The van der Waals surface area contributed by atoms with Crippen LogP contribution in [0.5, 0.6) is 0 Å². The van der Waals surface area contributed by atoms with Gasteiger partial charge < -0.3 is 29.3 Å². The molecule has 0 heterocycles. The number of allylic oxidation sites excluding steroid dienone is 2. The third-order valence-corrected chi connectivity index (χ3v) is 8.11. The summed E-state index contributed by atoms with van der Waals surface area (Å²) in [6.45, 7) is 4.51. The van der Waals surface area contributed by atoms with Gasteiger partial charge in [-0.2, -0.15) is 0 Å². The monoisotopic (exact) mass is 702 g/mol. The predicted octanol–water partition coefficient (Wildman–Crippen LogP) is 8.95. The minimum absolute atomic E-state index is 0. The fraction of sp³-hybridized carbons (Fsp3) is 0.800. The molecule has 0 aliphatic rings. The summed E-state index contributed by atoms with van der Waals surface area (Å²) in [5.74, 6) is -3.50. The Morgan fingerprint density at radius 2 is 0.653 bits per heavy atom. The van der Waals surface area contributed by atoms with Crippen LogP contribution >= 0.6 is 0 Å². The first kappa shape index (κ1) is 51.5. The van der Waals surface area contributed by atoms with Crippen molar-refractivity contribution in [2.75, 3.05) is 0 Å². The van der Waals surface area contributed by atoms with E-state index >= 15 is 0 Å². The number of hydrogen-bond acceptors (Lipinski definition) is 8. The van der Waals surface area contributed by atoms with Gasteiger partial charge in [0.25, 0.3) is 0 Å². The predicted molar refractivity (Wildman–Crippen MR) is 196 cm³/mol. The van der Waals surface area contributed by atoms with Crippen molar-refractivity contribution in [2.45, 2.75) is 206 Å². The van der Waals surface area contributed by atoms with Crippen LogP contribution in [0.2, 0.25) is 0 Å². The Labute approximate surface area is 315 Å². The molecule has 0 saturated carbocycles. The molecule has 0 amide bonds. The Balaban J connectivity index is -0.000000846. The van der Waals surface area contributed by atoms with E-state index in [2.05, 4.69) is 13.8 Å². The Morgan fingerprint density at radius 3 is 0.898 bits per heavy atom. The second-order valence-electron chi connectivity index (χ2n) is 12.8. The zero-order valence-corrected chi connectivity index (χ0v) is 32.9. The quantitative estimate of drug-likeness (QED) is 0.0281. The number of esters is 2. The van der Waals surface area contributed by atoms with E-state index in [0.29, 0.717) is 0 Å². The van der Waals surface area contributed by atoms with Gasteiger partial charge in [0.2, 0.25) is 0 Å². The van der Waals surface area contributed by atoms with Gasteiger partial charge in [-0.25, -0.2) is 0 Å². The normalized spacial score (nSPS) is 10.8. The van der Waals surface area contributed by atoms with Crippen LogP contribution < -0.4 is 10.2 Å². The summed E-state index contributed by atoms with van der Waals surface area (Å²) in [7, 11) is 0.